The molecule has 8 rings (SSSR count). The molecular formula is C28H25N3O4. The number of fused-ring (bicyclic) bond motifs is 13. The molecule has 0 radical (unpaired) electrons. The molecule has 1 saturated heterocycles. The monoisotopic (exact) mass is 467 g/mol. The molecule has 3 aromatic carbocycles. The average Bonchev–Trinajstić information content (AvgIpc) is 3.44. The van der Waals surface area contributed by atoms with Gasteiger partial charge in [0.05, 0.1) is 27.6 Å². The summed E-state index contributed by atoms with van der Waals surface area (Å²) in [6, 6.07) is 16.4. The van der Waals surface area contributed by atoms with Crippen LogP contribution in [0.2, 0.25) is 0 Å². The minimum atomic E-state index is -1.07. The summed E-state index contributed by atoms with van der Waals surface area (Å²) in [5.74, 6) is -0.0113. The summed E-state index contributed by atoms with van der Waals surface area (Å²) >= 11 is 0. The Morgan fingerprint density at radius 2 is 1.74 bits per heavy atom. The van der Waals surface area contributed by atoms with Crippen LogP contribution < -0.4 is 5.32 Å². The van der Waals surface area contributed by atoms with E-state index >= 15 is 0 Å². The number of carbonyl (C=O) groups excluding carboxylic acids is 1. The lowest BCUT2D eigenvalue weighted by Crippen LogP contribution is -2.53. The molecule has 0 saturated carbocycles. The average molecular weight is 468 g/mol. The van der Waals surface area contributed by atoms with Crippen molar-refractivity contribution >= 4 is 49.5 Å². The van der Waals surface area contributed by atoms with Crippen LogP contribution in [-0.4, -0.2) is 33.4 Å². The molecular weight excluding hydrogens is 442 g/mol. The summed E-state index contributed by atoms with van der Waals surface area (Å²) in [7, 11) is 1.75. The predicted octanol–water partition coefficient (Wildman–Crippen LogP) is 4.89. The number of para-hydroxylation sites is 2. The Bertz CT molecular complexity index is 1760. The first-order chi connectivity index (χ1) is 17.0. The van der Waals surface area contributed by atoms with Crippen molar-refractivity contribution in [2.45, 2.75) is 44.6 Å². The van der Waals surface area contributed by atoms with Crippen LogP contribution in [0, 0.1) is 5.92 Å². The number of hydrogen-bond donors (Lipinski definition) is 2. The lowest BCUT2D eigenvalue weighted by Gasteiger charge is -2.47. The highest BCUT2D eigenvalue weighted by molar-refractivity contribution is 6.31. The van der Waals surface area contributed by atoms with Crippen molar-refractivity contribution < 1.29 is 19.4 Å². The van der Waals surface area contributed by atoms with Crippen LogP contribution in [0.4, 0.5) is 0 Å². The number of nitrogens with zero attached hydrogens (tertiary/aromatic N) is 2. The molecule has 176 valence electrons. The molecule has 0 unspecified atom stereocenters. The molecule has 0 spiro atoms. The van der Waals surface area contributed by atoms with Gasteiger partial charge in [-0.05, 0) is 31.4 Å². The van der Waals surface area contributed by atoms with Crippen LogP contribution in [0.25, 0.3) is 43.6 Å². The normalized spacial score (nSPS) is 29.4. The summed E-state index contributed by atoms with van der Waals surface area (Å²) in [6.45, 7) is 4.34. The largest absolute Gasteiger partial charge is 0.376 e. The molecule has 2 aromatic heterocycles. The maximum Gasteiger partial charge on any atom is 0.254 e. The van der Waals surface area contributed by atoms with Gasteiger partial charge >= 0.3 is 0 Å². The second kappa shape index (κ2) is 6.23. The van der Waals surface area contributed by atoms with Crippen molar-refractivity contribution in [2.24, 2.45) is 5.92 Å². The minimum absolute atomic E-state index is 0.179. The van der Waals surface area contributed by atoms with Crippen LogP contribution in [-0.2, 0) is 15.2 Å². The van der Waals surface area contributed by atoms with Crippen molar-refractivity contribution in [3.63, 3.8) is 0 Å². The van der Waals surface area contributed by atoms with E-state index in [-0.39, 0.29) is 24.2 Å². The lowest BCUT2D eigenvalue weighted by atomic mass is 9.88. The zero-order valence-corrected chi connectivity index (χ0v) is 19.7. The van der Waals surface area contributed by atoms with E-state index in [1.807, 2.05) is 24.3 Å². The fourth-order valence-electron chi connectivity index (χ4n) is 7.43. The van der Waals surface area contributed by atoms with E-state index in [4.69, 9.17) is 9.47 Å². The number of aliphatic hydroxyl groups is 1. The molecule has 5 atom stereocenters. The lowest BCUT2D eigenvalue weighted by molar-refractivity contribution is -0.264. The second-order valence-electron chi connectivity index (χ2n) is 10.3. The fourth-order valence-corrected chi connectivity index (χ4v) is 7.43. The Labute approximate surface area is 200 Å². The van der Waals surface area contributed by atoms with Gasteiger partial charge in [-0.25, -0.2) is 0 Å². The van der Waals surface area contributed by atoms with Crippen LogP contribution in [0.5, 0.6) is 0 Å². The van der Waals surface area contributed by atoms with E-state index in [2.05, 4.69) is 52.6 Å². The quantitative estimate of drug-likeness (QED) is 0.368. The van der Waals surface area contributed by atoms with Crippen molar-refractivity contribution in [1.29, 1.82) is 0 Å². The summed E-state index contributed by atoms with van der Waals surface area (Å²) in [5.41, 5.74) is 4.42. The van der Waals surface area contributed by atoms with Gasteiger partial charge in [0.25, 0.3) is 5.91 Å². The minimum Gasteiger partial charge on any atom is -0.376 e. The van der Waals surface area contributed by atoms with Gasteiger partial charge in [-0.3, -0.25) is 4.79 Å². The molecule has 5 aromatic rings. The highest BCUT2D eigenvalue weighted by atomic mass is 16.6. The fraction of sp³-hybridized carbons (Fsp3) is 0.321. The number of amides is 1. The van der Waals surface area contributed by atoms with Crippen LogP contribution in [0.15, 0.2) is 48.5 Å². The summed E-state index contributed by atoms with van der Waals surface area (Å²) < 4.78 is 17.7. The van der Waals surface area contributed by atoms with Crippen molar-refractivity contribution in [3.05, 3.63) is 59.7 Å². The van der Waals surface area contributed by atoms with Crippen LogP contribution in [0.1, 0.15) is 48.6 Å². The van der Waals surface area contributed by atoms with Gasteiger partial charge in [-0.1, -0.05) is 43.3 Å². The second-order valence-corrected chi connectivity index (χ2v) is 10.3. The van der Waals surface area contributed by atoms with E-state index in [1.54, 1.807) is 7.11 Å². The van der Waals surface area contributed by atoms with Crippen molar-refractivity contribution in [3.8, 4) is 0 Å². The number of benzene rings is 3. The number of aliphatic hydroxyl groups excluding tert-OH is 1. The van der Waals surface area contributed by atoms with Crippen molar-refractivity contribution in [1.82, 2.24) is 14.5 Å². The standard InChI is InChI=1S/C28H25N3O4/c1-13-12-18-30-16-10-6-4-8-14(16)19-21-22(27(33)29-26(21)32)20-15-9-5-7-11-17(15)31(24(20)23(19)30)28(2,35-18)25(13)34-3/h4-11,13,18,25,27,33H,12H2,1-3H3,(H,29,32)/t13-,18-,25-,27-,28+/m1/s1. The van der Waals surface area contributed by atoms with E-state index in [0.29, 0.717) is 11.1 Å². The van der Waals surface area contributed by atoms with Gasteiger partial charge in [-0.15, -0.1) is 0 Å². The Hall–Kier alpha value is -3.39. The molecule has 2 N–H and O–H groups in total. The zero-order chi connectivity index (χ0) is 23.8. The molecule has 5 heterocycles. The third-order valence-corrected chi connectivity index (χ3v) is 8.55. The number of nitrogens with one attached hydrogen (secondary N) is 1. The molecule has 7 heteroatoms. The van der Waals surface area contributed by atoms with Gasteiger partial charge in [0.2, 0.25) is 0 Å². The molecule has 1 fully saturated rings. The van der Waals surface area contributed by atoms with Crippen LogP contribution >= 0.6 is 0 Å². The maximum absolute atomic E-state index is 13.3. The first-order valence-electron chi connectivity index (χ1n) is 12.2. The van der Waals surface area contributed by atoms with Gasteiger partial charge in [-0.2, -0.15) is 0 Å². The first kappa shape index (κ1) is 19.9. The summed E-state index contributed by atoms with van der Waals surface area (Å²) in [4.78, 5) is 13.3. The molecule has 1 amide bonds. The van der Waals surface area contributed by atoms with Gasteiger partial charge in [0.15, 0.2) is 12.0 Å². The Balaban J connectivity index is 1.76. The Morgan fingerprint density at radius 1 is 1.06 bits per heavy atom. The predicted molar refractivity (Wildman–Crippen MR) is 133 cm³/mol. The smallest absolute Gasteiger partial charge is 0.254 e. The molecule has 35 heavy (non-hydrogen) atoms. The van der Waals surface area contributed by atoms with E-state index in [0.717, 1.165) is 50.0 Å². The highest BCUT2D eigenvalue weighted by Gasteiger charge is 2.52. The molecule has 3 aliphatic rings. The first-order valence-corrected chi connectivity index (χ1v) is 12.2. The van der Waals surface area contributed by atoms with E-state index in [1.165, 1.54) is 0 Å². The SMILES string of the molecule is CO[C@@H]1[C@H](C)C[C@H]2O[C@]1(C)n1c3ccccc3c3c4c(c5c6ccccc6n2c5c31)C(=O)N[C@@H]4O. The van der Waals surface area contributed by atoms with E-state index in [9.17, 15) is 9.90 Å². The van der Waals surface area contributed by atoms with Crippen molar-refractivity contribution in [2.75, 3.05) is 7.11 Å². The third kappa shape index (κ3) is 2.09. The summed E-state index contributed by atoms with van der Waals surface area (Å²) in [5, 5.41) is 17.7. The number of methoxy groups -OCH3 is 1. The number of rotatable bonds is 1. The topological polar surface area (TPSA) is 77.7 Å². The number of ether oxygens (including phenoxy) is 2. The molecule has 0 aliphatic carbocycles. The van der Waals surface area contributed by atoms with Gasteiger partial charge < -0.3 is 29.0 Å². The molecule has 7 nitrogen and oxygen atoms in total. The highest BCUT2D eigenvalue weighted by Crippen LogP contribution is 2.55. The molecule has 3 aliphatic heterocycles. The Morgan fingerprint density at radius 3 is 2.49 bits per heavy atom. The van der Waals surface area contributed by atoms with Crippen LogP contribution in [0.3, 0.4) is 0 Å². The summed E-state index contributed by atoms with van der Waals surface area (Å²) in [6.07, 6.45) is -0.686. The zero-order valence-electron chi connectivity index (χ0n) is 19.7. The number of aromatic nitrogens is 2. The Kier molecular flexibility index (Phi) is 3.54. The van der Waals surface area contributed by atoms with E-state index < -0.39 is 12.0 Å². The number of hydrogen-bond acceptors (Lipinski definition) is 4. The molecule has 2 bridgehead atoms. The number of carbonyl (C=O) groups is 1. The van der Waals surface area contributed by atoms with Gasteiger partial charge in [0, 0.05) is 34.2 Å². The van der Waals surface area contributed by atoms with Gasteiger partial charge in [0.1, 0.15) is 12.3 Å². The maximum atomic E-state index is 13.3. The third-order valence-electron chi connectivity index (χ3n) is 8.55.